The molecule has 3 rings (SSSR count). The van der Waals surface area contributed by atoms with Gasteiger partial charge in [0.1, 0.15) is 0 Å². The number of morpholine rings is 1. The van der Waals surface area contributed by atoms with E-state index < -0.39 is 5.54 Å². The lowest BCUT2D eigenvalue weighted by Gasteiger charge is -2.42. The molecule has 136 valence electrons. The van der Waals surface area contributed by atoms with Crippen molar-refractivity contribution in [3.8, 4) is 0 Å². The maximum atomic E-state index is 13.0. The van der Waals surface area contributed by atoms with Crippen LogP contribution in [-0.4, -0.2) is 66.5 Å². The van der Waals surface area contributed by atoms with Crippen LogP contribution in [0.1, 0.15) is 45.4 Å². The van der Waals surface area contributed by atoms with Crippen LogP contribution in [0.2, 0.25) is 0 Å². The number of carbonyl (C=O) groups is 2. The summed E-state index contributed by atoms with van der Waals surface area (Å²) in [7, 11) is 0. The van der Waals surface area contributed by atoms with Gasteiger partial charge in [0.25, 0.3) is 0 Å². The number of amides is 2. The summed E-state index contributed by atoms with van der Waals surface area (Å²) in [5, 5.41) is 0. The first-order valence-corrected chi connectivity index (χ1v) is 9.43. The molecule has 2 amide bonds. The zero-order chi connectivity index (χ0) is 17.2. The van der Waals surface area contributed by atoms with Crippen LogP contribution in [0.5, 0.6) is 0 Å². The Hall–Kier alpha value is -1.14. The summed E-state index contributed by atoms with van der Waals surface area (Å²) < 4.78 is 5.33. The molecule has 0 aromatic rings. The van der Waals surface area contributed by atoms with Gasteiger partial charge in [-0.1, -0.05) is 12.8 Å². The fourth-order valence-electron chi connectivity index (χ4n) is 4.41. The number of nitrogens with zero attached hydrogens (tertiary/aromatic N) is 2. The topological polar surface area (TPSA) is 75.9 Å². The van der Waals surface area contributed by atoms with Gasteiger partial charge in [0.2, 0.25) is 11.8 Å². The molecule has 0 spiro atoms. The highest BCUT2D eigenvalue weighted by atomic mass is 16.5. The van der Waals surface area contributed by atoms with Crippen LogP contribution in [0.4, 0.5) is 0 Å². The van der Waals surface area contributed by atoms with Crippen molar-refractivity contribution in [2.24, 2.45) is 17.6 Å². The molecule has 0 aromatic carbocycles. The number of carbonyl (C=O) groups excluding carboxylic acids is 2. The molecular formula is C18H31N3O3. The van der Waals surface area contributed by atoms with Gasteiger partial charge in [0.15, 0.2) is 0 Å². The second-order valence-electron chi connectivity index (χ2n) is 7.87. The maximum absolute atomic E-state index is 13.0. The Morgan fingerprint density at radius 3 is 2.46 bits per heavy atom. The summed E-state index contributed by atoms with van der Waals surface area (Å²) in [6, 6.07) is 0. The van der Waals surface area contributed by atoms with Gasteiger partial charge in [-0.05, 0) is 32.6 Å². The van der Waals surface area contributed by atoms with E-state index in [1.54, 1.807) is 0 Å². The van der Waals surface area contributed by atoms with Crippen LogP contribution in [0.25, 0.3) is 0 Å². The second-order valence-corrected chi connectivity index (χ2v) is 7.87. The minimum atomic E-state index is -0.406. The van der Waals surface area contributed by atoms with Crippen LogP contribution in [0.15, 0.2) is 0 Å². The quantitative estimate of drug-likeness (QED) is 0.815. The second kappa shape index (κ2) is 7.40. The van der Waals surface area contributed by atoms with Crippen LogP contribution in [0, 0.1) is 11.8 Å². The monoisotopic (exact) mass is 337 g/mol. The third kappa shape index (κ3) is 3.75. The van der Waals surface area contributed by atoms with Gasteiger partial charge in [-0.2, -0.15) is 0 Å². The first kappa shape index (κ1) is 17.7. The lowest BCUT2D eigenvalue weighted by atomic mass is 9.73. The molecule has 0 bridgehead atoms. The normalized spacial score (nSPS) is 34.9. The number of piperidine rings is 1. The van der Waals surface area contributed by atoms with E-state index in [0.717, 1.165) is 45.1 Å². The summed E-state index contributed by atoms with van der Waals surface area (Å²) >= 11 is 0. The molecule has 1 aliphatic carbocycles. The van der Waals surface area contributed by atoms with E-state index in [0.29, 0.717) is 32.8 Å². The highest BCUT2D eigenvalue weighted by Crippen LogP contribution is 2.34. The predicted molar refractivity (Wildman–Crippen MR) is 91.3 cm³/mol. The molecule has 3 fully saturated rings. The van der Waals surface area contributed by atoms with Crippen molar-refractivity contribution in [2.45, 2.75) is 51.0 Å². The highest BCUT2D eigenvalue weighted by Gasteiger charge is 2.41. The summed E-state index contributed by atoms with van der Waals surface area (Å²) in [6.07, 6.45) is 5.75. The van der Waals surface area contributed by atoms with Gasteiger partial charge in [0, 0.05) is 31.7 Å². The zero-order valence-corrected chi connectivity index (χ0v) is 14.8. The maximum Gasteiger partial charge on any atom is 0.227 e. The Balaban J connectivity index is 1.62. The van der Waals surface area contributed by atoms with Gasteiger partial charge >= 0.3 is 0 Å². The number of likely N-dealkylation sites (tertiary alicyclic amines) is 1. The Bertz CT molecular complexity index is 474. The number of hydrogen-bond acceptors (Lipinski definition) is 4. The first-order chi connectivity index (χ1) is 11.5. The average Bonchev–Trinajstić information content (AvgIpc) is 2.61. The first-order valence-electron chi connectivity index (χ1n) is 9.43. The molecule has 3 unspecified atom stereocenters. The molecule has 2 aliphatic heterocycles. The molecule has 3 aliphatic rings. The van der Waals surface area contributed by atoms with Crippen molar-refractivity contribution in [2.75, 3.05) is 39.4 Å². The lowest BCUT2D eigenvalue weighted by molar-refractivity contribution is -0.146. The number of hydrogen-bond donors (Lipinski definition) is 1. The molecule has 2 saturated heterocycles. The molecule has 2 heterocycles. The fraction of sp³-hybridized carbons (Fsp3) is 0.889. The molecule has 24 heavy (non-hydrogen) atoms. The van der Waals surface area contributed by atoms with Crippen LogP contribution in [0.3, 0.4) is 0 Å². The van der Waals surface area contributed by atoms with E-state index in [4.69, 9.17) is 10.5 Å². The smallest absolute Gasteiger partial charge is 0.227 e. The van der Waals surface area contributed by atoms with Crippen molar-refractivity contribution in [3.05, 3.63) is 0 Å². The van der Waals surface area contributed by atoms with Gasteiger partial charge < -0.3 is 20.3 Å². The summed E-state index contributed by atoms with van der Waals surface area (Å²) in [4.78, 5) is 29.6. The number of nitrogens with two attached hydrogens (primary N) is 1. The fourth-order valence-corrected chi connectivity index (χ4v) is 4.41. The highest BCUT2D eigenvalue weighted by molar-refractivity contribution is 5.83. The molecule has 1 saturated carbocycles. The molecule has 6 heteroatoms. The van der Waals surface area contributed by atoms with Crippen LogP contribution < -0.4 is 5.73 Å². The molecule has 2 N–H and O–H groups in total. The third-order valence-corrected chi connectivity index (χ3v) is 5.96. The van der Waals surface area contributed by atoms with Gasteiger partial charge in [-0.25, -0.2) is 0 Å². The Morgan fingerprint density at radius 2 is 1.75 bits per heavy atom. The van der Waals surface area contributed by atoms with Crippen molar-refractivity contribution >= 4 is 11.8 Å². The van der Waals surface area contributed by atoms with Crippen molar-refractivity contribution < 1.29 is 14.3 Å². The lowest BCUT2D eigenvalue weighted by Crippen LogP contribution is -2.56. The molecular weight excluding hydrogens is 306 g/mol. The van der Waals surface area contributed by atoms with Crippen molar-refractivity contribution in [1.29, 1.82) is 0 Å². The van der Waals surface area contributed by atoms with E-state index in [1.165, 1.54) is 0 Å². The number of ether oxygens (including phenoxy) is 1. The minimum Gasteiger partial charge on any atom is -0.378 e. The van der Waals surface area contributed by atoms with E-state index in [9.17, 15) is 9.59 Å². The van der Waals surface area contributed by atoms with E-state index >= 15 is 0 Å². The van der Waals surface area contributed by atoms with Crippen molar-refractivity contribution in [1.82, 2.24) is 9.80 Å². The standard InChI is InChI=1S/C18H31N3O3/c1-18(19)7-3-2-6-15(18)17(23)21-8-4-5-14(13-21)16(22)20-9-11-24-12-10-20/h14-15H,2-13,19H2,1H3. The van der Waals surface area contributed by atoms with Crippen LogP contribution >= 0.6 is 0 Å². The molecule has 3 atom stereocenters. The van der Waals surface area contributed by atoms with Crippen molar-refractivity contribution in [3.63, 3.8) is 0 Å². The molecule has 0 aromatic heterocycles. The number of rotatable bonds is 2. The Morgan fingerprint density at radius 1 is 1.00 bits per heavy atom. The summed E-state index contributed by atoms with van der Waals surface area (Å²) in [5.74, 6) is 0.200. The largest absolute Gasteiger partial charge is 0.378 e. The third-order valence-electron chi connectivity index (χ3n) is 5.96. The van der Waals surface area contributed by atoms with Gasteiger partial charge in [-0.15, -0.1) is 0 Å². The average molecular weight is 337 g/mol. The molecule has 6 nitrogen and oxygen atoms in total. The van der Waals surface area contributed by atoms with Gasteiger partial charge in [-0.3, -0.25) is 9.59 Å². The minimum absolute atomic E-state index is 0.0616. The predicted octanol–water partition coefficient (Wildman–Crippen LogP) is 0.991. The summed E-state index contributed by atoms with van der Waals surface area (Å²) in [6.45, 7) is 5.91. The SMILES string of the molecule is CC1(N)CCCCC1C(=O)N1CCCC(C(=O)N2CCOCC2)C1. The van der Waals surface area contributed by atoms with E-state index in [1.807, 2.05) is 16.7 Å². The Labute approximate surface area is 144 Å². The zero-order valence-electron chi connectivity index (χ0n) is 14.8. The van der Waals surface area contributed by atoms with E-state index in [-0.39, 0.29) is 23.7 Å². The Kier molecular flexibility index (Phi) is 5.45. The molecule has 0 radical (unpaired) electrons. The van der Waals surface area contributed by atoms with Gasteiger partial charge in [0.05, 0.1) is 25.0 Å². The van der Waals surface area contributed by atoms with Crippen LogP contribution in [-0.2, 0) is 14.3 Å². The summed E-state index contributed by atoms with van der Waals surface area (Å²) in [5.41, 5.74) is 6.00. The van der Waals surface area contributed by atoms with E-state index in [2.05, 4.69) is 0 Å².